The summed E-state index contributed by atoms with van der Waals surface area (Å²) in [5, 5.41) is 2.20. The first-order valence-corrected chi connectivity index (χ1v) is 9.61. The predicted molar refractivity (Wildman–Crippen MR) is 91.2 cm³/mol. The van der Waals surface area contributed by atoms with Crippen molar-refractivity contribution in [1.29, 1.82) is 0 Å². The molecule has 3 aliphatic rings. The summed E-state index contributed by atoms with van der Waals surface area (Å²) in [6.45, 7) is 8.51. The van der Waals surface area contributed by atoms with Gasteiger partial charge in [0.05, 0.1) is 6.61 Å². The van der Waals surface area contributed by atoms with E-state index in [-0.39, 0.29) is 0 Å². The van der Waals surface area contributed by atoms with Crippen molar-refractivity contribution in [1.82, 2.24) is 9.80 Å². The molecule has 2 atom stereocenters. The number of methoxy groups -OCH3 is 1. The summed E-state index contributed by atoms with van der Waals surface area (Å²) in [5.74, 6) is 1.73. The first-order chi connectivity index (χ1) is 10.8. The Balaban J connectivity index is 1.41. The highest BCUT2D eigenvalue weighted by atomic mass is 32.1. The summed E-state index contributed by atoms with van der Waals surface area (Å²) >= 11 is 1.89. The van der Waals surface area contributed by atoms with Crippen molar-refractivity contribution in [3.8, 4) is 0 Å². The minimum atomic E-state index is 0.488. The lowest BCUT2D eigenvalue weighted by molar-refractivity contribution is 0.0959. The minimum absolute atomic E-state index is 0.488. The van der Waals surface area contributed by atoms with Gasteiger partial charge in [0.25, 0.3) is 0 Å². The summed E-state index contributed by atoms with van der Waals surface area (Å²) in [6, 6.07) is 4.45. The van der Waals surface area contributed by atoms with Crippen molar-refractivity contribution < 1.29 is 4.74 Å². The van der Waals surface area contributed by atoms with Crippen molar-refractivity contribution in [3.63, 3.8) is 0 Å². The van der Waals surface area contributed by atoms with Crippen LogP contribution in [-0.4, -0.2) is 56.2 Å². The molecular formula is C18H28N2OS. The minimum Gasteiger partial charge on any atom is -0.384 e. The largest absolute Gasteiger partial charge is 0.384 e. The standard InChI is InChI=1S/C18H28N2OS/c1-21-12-16-10-20(9-15-4-5-15)14-18(16)6-7-19(13-18)11-17-3-2-8-22-17/h2-3,8,15-16H,4-7,9-14H2,1H3/t16-,18+/m1/s1. The van der Waals surface area contributed by atoms with Gasteiger partial charge >= 0.3 is 0 Å². The molecule has 0 aromatic carbocycles. The van der Waals surface area contributed by atoms with E-state index < -0.39 is 0 Å². The van der Waals surface area contributed by atoms with Gasteiger partial charge in [0.2, 0.25) is 0 Å². The van der Waals surface area contributed by atoms with Crippen molar-refractivity contribution in [2.75, 3.05) is 46.4 Å². The normalized spacial score (nSPS) is 33.2. The van der Waals surface area contributed by atoms with Gasteiger partial charge < -0.3 is 9.64 Å². The molecule has 1 spiro atoms. The highest BCUT2D eigenvalue weighted by Gasteiger charge is 2.50. The van der Waals surface area contributed by atoms with Gasteiger partial charge in [-0.2, -0.15) is 0 Å². The highest BCUT2D eigenvalue weighted by Crippen LogP contribution is 2.45. The number of ether oxygens (including phenoxy) is 1. The number of hydrogen-bond donors (Lipinski definition) is 0. The van der Waals surface area contributed by atoms with Crippen LogP contribution in [0.1, 0.15) is 24.1 Å². The third-order valence-corrected chi connectivity index (χ3v) is 6.75. The quantitative estimate of drug-likeness (QED) is 0.801. The van der Waals surface area contributed by atoms with Crippen LogP contribution in [0.4, 0.5) is 0 Å². The molecule has 122 valence electrons. The van der Waals surface area contributed by atoms with Crippen LogP contribution >= 0.6 is 11.3 Å². The Hall–Kier alpha value is -0.420. The monoisotopic (exact) mass is 320 g/mol. The van der Waals surface area contributed by atoms with Gasteiger partial charge in [-0.25, -0.2) is 0 Å². The average Bonchev–Trinajstić information content (AvgIpc) is 2.90. The summed E-state index contributed by atoms with van der Waals surface area (Å²) in [7, 11) is 1.87. The molecule has 4 heteroatoms. The van der Waals surface area contributed by atoms with Crippen LogP contribution in [0.2, 0.25) is 0 Å². The van der Waals surface area contributed by atoms with Gasteiger partial charge in [0.15, 0.2) is 0 Å². The van der Waals surface area contributed by atoms with Crippen LogP contribution in [0, 0.1) is 17.3 Å². The molecule has 2 saturated heterocycles. The lowest BCUT2D eigenvalue weighted by atomic mass is 9.77. The molecule has 1 aromatic heterocycles. The van der Waals surface area contributed by atoms with Gasteiger partial charge in [0, 0.05) is 56.0 Å². The smallest absolute Gasteiger partial charge is 0.0509 e. The number of likely N-dealkylation sites (tertiary alicyclic amines) is 2. The van der Waals surface area contributed by atoms with Gasteiger partial charge in [-0.05, 0) is 43.2 Å². The van der Waals surface area contributed by atoms with E-state index in [1.165, 1.54) is 56.9 Å². The fourth-order valence-electron chi connectivity index (χ4n) is 4.58. The summed E-state index contributed by atoms with van der Waals surface area (Å²) in [6.07, 6.45) is 4.28. The van der Waals surface area contributed by atoms with E-state index in [0.717, 1.165) is 25.0 Å². The zero-order chi connectivity index (χ0) is 15.0. The van der Waals surface area contributed by atoms with E-state index in [1.54, 1.807) is 0 Å². The molecule has 0 unspecified atom stereocenters. The van der Waals surface area contributed by atoms with E-state index in [0.29, 0.717) is 5.41 Å². The van der Waals surface area contributed by atoms with Crippen molar-refractivity contribution in [3.05, 3.63) is 22.4 Å². The first kappa shape index (κ1) is 15.1. The summed E-state index contributed by atoms with van der Waals surface area (Å²) in [4.78, 5) is 6.93. The number of hydrogen-bond acceptors (Lipinski definition) is 4. The zero-order valence-electron chi connectivity index (χ0n) is 13.7. The lowest BCUT2D eigenvalue weighted by Gasteiger charge is -2.30. The molecule has 3 heterocycles. The fourth-order valence-corrected chi connectivity index (χ4v) is 5.33. The molecule has 2 aliphatic heterocycles. The van der Waals surface area contributed by atoms with E-state index in [9.17, 15) is 0 Å². The second-order valence-corrected chi connectivity index (χ2v) is 8.72. The Labute approximate surface area is 138 Å². The number of rotatable bonds is 6. The van der Waals surface area contributed by atoms with Crippen molar-refractivity contribution >= 4 is 11.3 Å². The second kappa shape index (κ2) is 6.23. The van der Waals surface area contributed by atoms with Crippen LogP contribution in [-0.2, 0) is 11.3 Å². The topological polar surface area (TPSA) is 15.7 Å². The van der Waals surface area contributed by atoms with Crippen LogP contribution in [0.15, 0.2) is 17.5 Å². The Bertz CT molecular complexity index is 487. The molecule has 0 radical (unpaired) electrons. The molecule has 22 heavy (non-hydrogen) atoms. The maximum absolute atomic E-state index is 5.58. The molecule has 1 aliphatic carbocycles. The third-order valence-electron chi connectivity index (χ3n) is 5.89. The summed E-state index contributed by atoms with van der Waals surface area (Å²) in [5.41, 5.74) is 0.488. The molecule has 0 bridgehead atoms. The van der Waals surface area contributed by atoms with Gasteiger partial charge in [-0.15, -0.1) is 11.3 Å². The molecule has 1 saturated carbocycles. The van der Waals surface area contributed by atoms with E-state index in [4.69, 9.17) is 4.74 Å². The van der Waals surface area contributed by atoms with Gasteiger partial charge in [-0.3, -0.25) is 4.90 Å². The molecule has 0 amide bonds. The zero-order valence-corrected chi connectivity index (χ0v) is 14.5. The van der Waals surface area contributed by atoms with E-state index in [2.05, 4.69) is 27.3 Å². The highest BCUT2D eigenvalue weighted by molar-refractivity contribution is 7.09. The van der Waals surface area contributed by atoms with Crippen LogP contribution in [0.3, 0.4) is 0 Å². The summed E-state index contributed by atoms with van der Waals surface area (Å²) < 4.78 is 5.58. The number of nitrogens with zero attached hydrogens (tertiary/aromatic N) is 2. The van der Waals surface area contributed by atoms with E-state index >= 15 is 0 Å². The Morgan fingerprint density at radius 2 is 2.18 bits per heavy atom. The molecule has 3 fully saturated rings. The SMILES string of the molecule is COC[C@H]1CN(CC2CC2)C[C@@]12CCN(Cc1cccs1)C2. The molecular weight excluding hydrogens is 292 g/mol. The second-order valence-electron chi connectivity index (χ2n) is 7.69. The molecule has 3 nitrogen and oxygen atoms in total. The number of thiophene rings is 1. The lowest BCUT2D eigenvalue weighted by Crippen LogP contribution is -2.36. The van der Waals surface area contributed by atoms with E-state index in [1.807, 2.05) is 18.4 Å². The van der Waals surface area contributed by atoms with Crippen LogP contribution in [0.5, 0.6) is 0 Å². The van der Waals surface area contributed by atoms with Gasteiger partial charge in [-0.1, -0.05) is 6.07 Å². The Morgan fingerprint density at radius 3 is 2.91 bits per heavy atom. The Morgan fingerprint density at radius 1 is 1.32 bits per heavy atom. The third kappa shape index (κ3) is 3.12. The maximum atomic E-state index is 5.58. The van der Waals surface area contributed by atoms with Crippen LogP contribution < -0.4 is 0 Å². The van der Waals surface area contributed by atoms with Gasteiger partial charge in [0.1, 0.15) is 0 Å². The molecule has 4 rings (SSSR count). The van der Waals surface area contributed by atoms with Crippen molar-refractivity contribution in [2.45, 2.75) is 25.8 Å². The van der Waals surface area contributed by atoms with Crippen molar-refractivity contribution in [2.24, 2.45) is 17.3 Å². The predicted octanol–water partition coefficient (Wildman–Crippen LogP) is 2.93. The molecule has 0 N–H and O–H groups in total. The average molecular weight is 321 g/mol. The fraction of sp³-hybridized carbons (Fsp3) is 0.778. The van der Waals surface area contributed by atoms with Crippen LogP contribution in [0.25, 0.3) is 0 Å². The first-order valence-electron chi connectivity index (χ1n) is 8.73. The Kier molecular flexibility index (Phi) is 4.29. The molecule has 1 aromatic rings. The maximum Gasteiger partial charge on any atom is 0.0509 e.